The molecule has 16 heavy (non-hydrogen) atoms. The number of ether oxygens (including phenoxy) is 2. The summed E-state index contributed by atoms with van der Waals surface area (Å²) in [6, 6.07) is -0.754. The molecular formula is C8H12N4O4. The maximum absolute atomic E-state index is 11.2. The predicted octanol–water partition coefficient (Wildman–Crippen LogP) is -0.619. The Hall–Kier alpha value is -2.12. The molecular weight excluding hydrogens is 216 g/mol. The van der Waals surface area contributed by atoms with E-state index in [2.05, 4.69) is 19.8 Å². The quantitative estimate of drug-likeness (QED) is 0.686. The predicted molar refractivity (Wildman–Crippen MR) is 52.5 cm³/mol. The summed E-state index contributed by atoms with van der Waals surface area (Å²) in [5.41, 5.74) is 5.48. The summed E-state index contributed by atoms with van der Waals surface area (Å²) in [5.74, 6) is -1.28. The summed E-state index contributed by atoms with van der Waals surface area (Å²) < 4.78 is 10.1. The molecule has 0 radical (unpaired) electrons. The van der Waals surface area contributed by atoms with Crippen LogP contribution in [0.3, 0.4) is 0 Å². The number of nitrogens with two attached hydrogens (primary N) is 1. The second-order valence-corrected chi connectivity index (χ2v) is 2.96. The molecule has 0 bridgehead atoms. The molecule has 1 atom stereocenters. The second-order valence-electron chi connectivity index (χ2n) is 2.96. The van der Waals surface area contributed by atoms with Crippen molar-refractivity contribution in [2.75, 3.05) is 20.0 Å². The largest absolute Gasteiger partial charge is 0.467 e. The summed E-state index contributed by atoms with van der Waals surface area (Å²) in [5, 5.41) is 7.12. The van der Waals surface area contributed by atoms with Gasteiger partial charge in [0.1, 0.15) is 0 Å². The highest BCUT2D eigenvalue weighted by Crippen LogP contribution is 2.15. The van der Waals surface area contributed by atoms with Crippen molar-refractivity contribution in [2.24, 2.45) is 0 Å². The van der Waals surface area contributed by atoms with E-state index >= 15 is 0 Å². The summed E-state index contributed by atoms with van der Waals surface area (Å²) in [4.78, 5) is 22.4. The van der Waals surface area contributed by atoms with Gasteiger partial charge in [-0.1, -0.05) is 5.21 Å². The Morgan fingerprint density at radius 1 is 1.38 bits per heavy atom. The minimum absolute atomic E-state index is 0.0373. The van der Waals surface area contributed by atoms with Gasteiger partial charge in [0, 0.05) is 0 Å². The van der Waals surface area contributed by atoms with Crippen molar-refractivity contribution in [3.05, 3.63) is 5.69 Å². The lowest BCUT2D eigenvalue weighted by Crippen LogP contribution is -2.21. The number of nitrogen functional groups attached to an aromatic ring is 1. The first-order chi connectivity index (χ1) is 7.52. The number of carbonyl (C=O) groups is 2. The maximum Gasteiger partial charge on any atom is 0.362 e. The highest BCUT2D eigenvalue weighted by molar-refractivity contribution is 5.92. The first kappa shape index (κ1) is 12.0. The molecule has 8 nitrogen and oxygen atoms in total. The van der Waals surface area contributed by atoms with Crippen molar-refractivity contribution >= 4 is 17.8 Å². The molecule has 0 aromatic carbocycles. The van der Waals surface area contributed by atoms with Crippen LogP contribution in [0.1, 0.15) is 23.5 Å². The van der Waals surface area contributed by atoms with E-state index in [4.69, 9.17) is 5.73 Å². The molecule has 1 rings (SSSR count). The van der Waals surface area contributed by atoms with Gasteiger partial charge in [-0.05, 0) is 6.92 Å². The number of hydrogen-bond acceptors (Lipinski definition) is 7. The van der Waals surface area contributed by atoms with E-state index in [1.54, 1.807) is 0 Å². The molecule has 2 N–H and O–H groups in total. The smallest absolute Gasteiger partial charge is 0.362 e. The van der Waals surface area contributed by atoms with E-state index in [1.165, 1.54) is 21.1 Å². The molecule has 0 saturated carbocycles. The molecule has 8 heteroatoms. The molecule has 1 aromatic heterocycles. The monoisotopic (exact) mass is 228 g/mol. The molecule has 0 saturated heterocycles. The van der Waals surface area contributed by atoms with Crippen LogP contribution in [0, 0.1) is 0 Å². The Bertz CT molecular complexity index is 414. The Morgan fingerprint density at radius 2 is 2.00 bits per heavy atom. The maximum atomic E-state index is 11.2. The van der Waals surface area contributed by atoms with Crippen LogP contribution in [0.4, 0.5) is 5.82 Å². The van der Waals surface area contributed by atoms with Crippen LogP contribution < -0.4 is 5.73 Å². The van der Waals surface area contributed by atoms with Crippen molar-refractivity contribution < 1.29 is 19.1 Å². The zero-order chi connectivity index (χ0) is 12.3. The average molecular weight is 228 g/mol. The number of nitrogens with zero attached hydrogens (tertiary/aromatic N) is 3. The van der Waals surface area contributed by atoms with Gasteiger partial charge >= 0.3 is 11.9 Å². The van der Waals surface area contributed by atoms with Gasteiger partial charge in [0.15, 0.2) is 11.9 Å². The van der Waals surface area contributed by atoms with Crippen molar-refractivity contribution in [1.82, 2.24) is 15.0 Å². The van der Waals surface area contributed by atoms with Crippen molar-refractivity contribution in [1.29, 1.82) is 0 Å². The van der Waals surface area contributed by atoms with Gasteiger partial charge in [-0.25, -0.2) is 14.3 Å². The van der Waals surface area contributed by atoms with Gasteiger partial charge in [0.05, 0.1) is 14.2 Å². The van der Waals surface area contributed by atoms with Crippen LogP contribution in [0.15, 0.2) is 0 Å². The summed E-state index contributed by atoms with van der Waals surface area (Å²) >= 11 is 0. The van der Waals surface area contributed by atoms with E-state index < -0.39 is 18.0 Å². The summed E-state index contributed by atoms with van der Waals surface area (Å²) in [6.07, 6.45) is 0. The molecule has 0 aliphatic rings. The van der Waals surface area contributed by atoms with Crippen molar-refractivity contribution in [3.63, 3.8) is 0 Å². The fourth-order valence-corrected chi connectivity index (χ4v) is 1.10. The number of anilines is 1. The zero-order valence-electron chi connectivity index (χ0n) is 9.13. The fourth-order valence-electron chi connectivity index (χ4n) is 1.10. The Labute approximate surface area is 91.3 Å². The Kier molecular flexibility index (Phi) is 3.44. The third kappa shape index (κ3) is 1.95. The van der Waals surface area contributed by atoms with Crippen LogP contribution in [-0.4, -0.2) is 41.2 Å². The van der Waals surface area contributed by atoms with Gasteiger partial charge in [-0.15, -0.1) is 5.10 Å². The normalized spacial score (nSPS) is 11.9. The van der Waals surface area contributed by atoms with Crippen LogP contribution in [0.5, 0.6) is 0 Å². The number of carbonyl (C=O) groups excluding carboxylic acids is 2. The lowest BCUT2D eigenvalue weighted by molar-refractivity contribution is -0.144. The number of esters is 2. The summed E-state index contributed by atoms with van der Waals surface area (Å²) in [6.45, 7) is 1.53. The van der Waals surface area contributed by atoms with E-state index in [1.807, 2.05) is 0 Å². The van der Waals surface area contributed by atoms with Crippen LogP contribution in [0.2, 0.25) is 0 Å². The Balaban J connectivity index is 3.04. The second kappa shape index (κ2) is 4.60. The van der Waals surface area contributed by atoms with Gasteiger partial charge in [0.25, 0.3) is 0 Å². The fraction of sp³-hybridized carbons (Fsp3) is 0.500. The minimum Gasteiger partial charge on any atom is -0.467 e. The number of aromatic nitrogens is 3. The van der Waals surface area contributed by atoms with Gasteiger partial charge in [-0.2, -0.15) is 0 Å². The molecule has 0 amide bonds. The third-order valence-corrected chi connectivity index (χ3v) is 2.02. The van der Waals surface area contributed by atoms with E-state index in [0.29, 0.717) is 0 Å². The minimum atomic E-state index is -0.754. The number of rotatable bonds is 3. The molecule has 88 valence electrons. The SMILES string of the molecule is COC(=O)c1nnn(C(C)C(=O)OC)c1N. The molecule has 0 fully saturated rings. The highest BCUT2D eigenvalue weighted by Gasteiger charge is 2.24. The standard InChI is InChI=1S/C8H12N4O4/c1-4(7(13)15-2)12-6(9)5(10-11-12)8(14)16-3/h4H,9H2,1-3H3. The topological polar surface area (TPSA) is 109 Å². The van der Waals surface area contributed by atoms with Crippen LogP contribution >= 0.6 is 0 Å². The van der Waals surface area contributed by atoms with Crippen molar-refractivity contribution in [2.45, 2.75) is 13.0 Å². The van der Waals surface area contributed by atoms with Gasteiger partial charge < -0.3 is 15.2 Å². The van der Waals surface area contributed by atoms with Crippen LogP contribution in [0.25, 0.3) is 0 Å². The van der Waals surface area contributed by atoms with E-state index in [0.717, 1.165) is 4.68 Å². The lowest BCUT2D eigenvalue weighted by atomic mass is 10.3. The molecule has 1 aromatic rings. The van der Waals surface area contributed by atoms with E-state index in [9.17, 15) is 9.59 Å². The molecule has 0 spiro atoms. The first-order valence-electron chi connectivity index (χ1n) is 4.39. The zero-order valence-corrected chi connectivity index (χ0v) is 9.13. The van der Waals surface area contributed by atoms with Crippen molar-refractivity contribution in [3.8, 4) is 0 Å². The highest BCUT2D eigenvalue weighted by atomic mass is 16.5. The first-order valence-corrected chi connectivity index (χ1v) is 4.39. The molecule has 1 unspecified atom stereocenters. The average Bonchev–Trinajstić information content (AvgIpc) is 2.68. The van der Waals surface area contributed by atoms with Gasteiger partial charge in [0.2, 0.25) is 5.69 Å². The van der Waals surface area contributed by atoms with Crippen LogP contribution in [-0.2, 0) is 14.3 Å². The molecule has 1 heterocycles. The molecule has 0 aliphatic carbocycles. The molecule has 0 aliphatic heterocycles. The Morgan fingerprint density at radius 3 is 2.50 bits per heavy atom. The number of hydrogen-bond donors (Lipinski definition) is 1. The van der Waals surface area contributed by atoms with E-state index in [-0.39, 0.29) is 11.5 Å². The van der Waals surface area contributed by atoms with Gasteiger partial charge in [-0.3, -0.25) is 0 Å². The summed E-state index contributed by atoms with van der Waals surface area (Å²) in [7, 11) is 2.44. The lowest BCUT2D eigenvalue weighted by Gasteiger charge is -2.09. The number of methoxy groups -OCH3 is 2. The third-order valence-electron chi connectivity index (χ3n) is 2.02.